The molecule has 0 saturated heterocycles. The summed E-state index contributed by atoms with van der Waals surface area (Å²) in [6.45, 7) is 0. The molecule has 2 N–H and O–H groups in total. The molecular weight excluding hydrogens is 451 g/mol. The Morgan fingerprint density at radius 3 is 2.52 bits per heavy atom. The van der Waals surface area contributed by atoms with Gasteiger partial charge in [-0.2, -0.15) is 13.5 Å². The number of hydrogen-bond acceptors (Lipinski definition) is 4. The molecule has 0 radical (unpaired) electrons. The van der Waals surface area contributed by atoms with Crippen molar-refractivity contribution in [1.82, 2.24) is 10.3 Å². The lowest BCUT2D eigenvalue weighted by molar-refractivity contribution is -0.141. The van der Waals surface area contributed by atoms with E-state index in [9.17, 15) is 14.7 Å². The molecule has 9 heteroatoms. The molecule has 0 bridgehead atoms. The maximum atomic E-state index is 12.3. The van der Waals surface area contributed by atoms with Crippen LogP contribution in [0.25, 0.3) is 10.6 Å². The Hall–Kier alpha value is -2.06. The number of hydrogen-bond donors (Lipinski definition) is 2. The lowest BCUT2D eigenvalue weighted by Crippen LogP contribution is -2.43. The smallest absolute Gasteiger partial charge is 0.326 e. The van der Waals surface area contributed by atoms with Gasteiger partial charge in [0, 0.05) is 22.4 Å². The van der Waals surface area contributed by atoms with E-state index in [4.69, 9.17) is 23.2 Å². The van der Waals surface area contributed by atoms with Crippen LogP contribution in [0.5, 0.6) is 0 Å². The maximum absolute atomic E-state index is 12.3. The molecule has 0 saturated carbocycles. The van der Waals surface area contributed by atoms with Crippen molar-refractivity contribution in [1.29, 1.82) is 0 Å². The number of carbonyl (C=O) groups is 2. The number of aromatic nitrogens is 1. The van der Waals surface area contributed by atoms with Gasteiger partial charge in [0.05, 0.1) is 17.1 Å². The van der Waals surface area contributed by atoms with Crippen LogP contribution < -0.4 is 5.32 Å². The molecule has 1 amide bonds. The molecule has 0 aliphatic rings. The number of amides is 1. The third-order valence-corrected chi connectivity index (χ3v) is 5.44. The van der Waals surface area contributed by atoms with Crippen LogP contribution in [0.4, 0.5) is 0 Å². The number of carboxylic acids is 1. The number of thiazole rings is 1. The standard InChI is InChI=1S/C20H16Cl2N2O3S.H2S/c21-13-6-7-15(16(22)9-13)19-23-14(11-28-19)10-18(25)24-17(20(26)27)8-12-4-2-1-3-5-12;/h1-7,9,11,17H,8,10H2,(H,24,25)(H,26,27);1H2/t17-;/m0./s1. The molecule has 0 aliphatic heterocycles. The van der Waals surface area contributed by atoms with Crippen molar-refractivity contribution in [2.75, 3.05) is 0 Å². The van der Waals surface area contributed by atoms with Crippen LogP contribution in [-0.2, 0) is 22.4 Å². The molecule has 1 aromatic heterocycles. The zero-order valence-corrected chi connectivity index (χ0v) is 18.4. The first-order valence-electron chi connectivity index (χ1n) is 8.38. The van der Waals surface area contributed by atoms with Gasteiger partial charge in [-0.3, -0.25) is 4.79 Å². The van der Waals surface area contributed by atoms with Gasteiger partial charge >= 0.3 is 5.97 Å². The highest BCUT2D eigenvalue weighted by molar-refractivity contribution is 7.59. The second-order valence-corrected chi connectivity index (χ2v) is 7.79. The lowest BCUT2D eigenvalue weighted by Gasteiger charge is -2.14. The average molecular weight is 469 g/mol. The molecule has 0 unspecified atom stereocenters. The molecule has 3 rings (SSSR count). The van der Waals surface area contributed by atoms with E-state index in [1.807, 2.05) is 30.3 Å². The Morgan fingerprint density at radius 2 is 1.86 bits per heavy atom. The normalized spacial score (nSPS) is 11.4. The number of carbonyl (C=O) groups excluding carboxylic acids is 1. The summed E-state index contributed by atoms with van der Waals surface area (Å²) in [5.74, 6) is -1.48. The Labute approximate surface area is 189 Å². The highest BCUT2D eigenvalue weighted by Crippen LogP contribution is 2.32. The summed E-state index contributed by atoms with van der Waals surface area (Å²) in [7, 11) is 0. The van der Waals surface area contributed by atoms with Gasteiger partial charge < -0.3 is 10.4 Å². The number of aliphatic carboxylic acids is 1. The highest BCUT2D eigenvalue weighted by Gasteiger charge is 2.21. The van der Waals surface area contributed by atoms with Crippen LogP contribution in [-0.4, -0.2) is 28.0 Å². The minimum Gasteiger partial charge on any atom is -0.480 e. The van der Waals surface area contributed by atoms with Crippen molar-refractivity contribution in [2.45, 2.75) is 18.9 Å². The minimum absolute atomic E-state index is 0. The van der Waals surface area contributed by atoms with E-state index < -0.39 is 17.9 Å². The summed E-state index contributed by atoms with van der Waals surface area (Å²) in [6, 6.07) is 13.3. The fraction of sp³-hybridized carbons (Fsp3) is 0.150. The van der Waals surface area contributed by atoms with Crippen molar-refractivity contribution in [2.24, 2.45) is 0 Å². The van der Waals surface area contributed by atoms with Gasteiger partial charge in [-0.1, -0.05) is 53.5 Å². The number of rotatable bonds is 7. The lowest BCUT2D eigenvalue weighted by atomic mass is 10.1. The predicted octanol–water partition coefficient (Wildman–Crippen LogP) is 4.58. The molecule has 5 nitrogen and oxygen atoms in total. The van der Waals surface area contributed by atoms with Crippen molar-refractivity contribution >= 4 is 59.9 Å². The summed E-state index contributed by atoms with van der Waals surface area (Å²) in [5, 5.41) is 15.4. The van der Waals surface area contributed by atoms with Crippen LogP contribution in [0.2, 0.25) is 10.0 Å². The average Bonchev–Trinajstić information content (AvgIpc) is 3.10. The molecule has 1 heterocycles. The second-order valence-electron chi connectivity index (χ2n) is 6.09. The van der Waals surface area contributed by atoms with Crippen LogP contribution in [0.3, 0.4) is 0 Å². The number of benzene rings is 2. The van der Waals surface area contributed by atoms with E-state index in [1.54, 1.807) is 23.6 Å². The zero-order valence-electron chi connectivity index (χ0n) is 15.1. The van der Waals surface area contributed by atoms with Gasteiger partial charge in [0.15, 0.2) is 0 Å². The molecule has 152 valence electrons. The monoisotopic (exact) mass is 468 g/mol. The summed E-state index contributed by atoms with van der Waals surface area (Å²) < 4.78 is 0. The first-order valence-corrected chi connectivity index (χ1v) is 10.0. The van der Waals surface area contributed by atoms with E-state index in [1.165, 1.54) is 11.3 Å². The quantitative estimate of drug-likeness (QED) is 0.531. The van der Waals surface area contributed by atoms with E-state index in [0.29, 0.717) is 20.7 Å². The molecular formula is C20H18Cl2N2O3S2. The maximum Gasteiger partial charge on any atom is 0.326 e. The largest absolute Gasteiger partial charge is 0.480 e. The molecule has 0 aliphatic carbocycles. The highest BCUT2D eigenvalue weighted by atomic mass is 35.5. The van der Waals surface area contributed by atoms with Gasteiger partial charge in [-0.15, -0.1) is 11.3 Å². The molecule has 3 aromatic rings. The van der Waals surface area contributed by atoms with Gasteiger partial charge in [-0.25, -0.2) is 9.78 Å². The molecule has 2 aromatic carbocycles. The summed E-state index contributed by atoms with van der Waals surface area (Å²) in [6.07, 6.45) is 0.199. The number of carboxylic acid groups (broad SMARTS) is 1. The van der Waals surface area contributed by atoms with Gasteiger partial charge in [-0.05, 0) is 23.8 Å². The Morgan fingerprint density at radius 1 is 1.14 bits per heavy atom. The summed E-state index contributed by atoms with van der Waals surface area (Å²) in [4.78, 5) is 28.2. The topological polar surface area (TPSA) is 79.3 Å². The zero-order chi connectivity index (χ0) is 20.1. The SMILES string of the molecule is O=C(Cc1csc(-c2ccc(Cl)cc2Cl)n1)N[C@@H](Cc1ccccc1)C(=O)O.S. The first-order chi connectivity index (χ1) is 13.4. The van der Waals surface area contributed by atoms with E-state index in [-0.39, 0.29) is 26.3 Å². The number of nitrogens with one attached hydrogen (secondary N) is 1. The van der Waals surface area contributed by atoms with Crippen molar-refractivity contribution in [3.05, 3.63) is 75.2 Å². The summed E-state index contributed by atoms with van der Waals surface area (Å²) >= 11 is 13.5. The predicted molar refractivity (Wildman–Crippen MR) is 121 cm³/mol. The number of nitrogens with zero attached hydrogens (tertiary/aromatic N) is 1. The molecule has 1 atom stereocenters. The molecule has 0 fully saturated rings. The fourth-order valence-electron chi connectivity index (χ4n) is 2.63. The van der Waals surface area contributed by atoms with Crippen LogP contribution in [0, 0.1) is 0 Å². The third kappa shape index (κ3) is 6.47. The van der Waals surface area contributed by atoms with Crippen LogP contribution in [0.1, 0.15) is 11.3 Å². The van der Waals surface area contributed by atoms with Crippen molar-refractivity contribution in [3.63, 3.8) is 0 Å². The first kappa shape index (κ1) is 23.2. The van der Waals surface area contributed by atoms with E-state index in [0.717, 1.165) is 11.1 Å². The van der Waals surface area contributed by atoms with Crippen LogP contribution >= 0.6 is 48.0 Å². The second kappa shape index (κ2) is 10.6. The minimum atomic E-state index is -1.08. The third-order valence-electron chi connectivity index (χ3n) is 3.97. The summed E-state index contributed by atoms with van der Waals surface area (Å²) in [5.41, 5.74) is 2.12. The van der Waals surface area contributed by atoms with Gasteiger partial charge in [0.2, 0.25) is 5.91 Å². The Bertz CT molecular complexity index is 996. The Balaban J connectivity index is 0.00000300. The molecule has 0 spiro atoms. The number of halogens is 2. The van der Waals surface area contributed by atoms with Crippen LogP contribution in [0.15, 0.2) is 53.9 Å². The van der Waals surface area contributed by atoms with Gasteiger partial charge in [0.25, 0.3) is 0 Å². The van der Waals surface area contributed by atoms with Gasteiger partial charge in [0.1, 0.15) is 11.0 Å². The van der Waals surface area contributed by atoms with E-state index >= 15 is 0 Å². The Kier molecular flexibility index (Phi) is 8.52. The fourth-order valence-corrected chi connectivity index (χ4v) is 4.05. The van der Waals surface area contributed by atoms with Crippen molar-refractivity contribution in [3.8, 4) is 10.6 Å². The van der Waals surface area contributed by atoms with Crippen molar-refractivity contribution < 1.29 is 14.7 Å². The molecule has 29 heavy (non-hydrogen) atoms. The van der Waals surface area contributed by atoms with E-state index in [2.05, 4.69) is 10.3 Å².